The van der Waals surface area contributed by atoms with Crippen LogP contribution < -0.4 is 0 Å². The lowest BCUT2D eigenvalue weighted by Crippen LogP contribution is -1.61. The van der Waals surface area contributed by atoms with Gasteiger partial charge in [-0.25, -0.2) is 10.1 Å². The van der Waals surface area contributed by atoms with E-state index in [1.54, 1.807) is 0 Å². The molecule has 0 atom stereocenters. The lowest BCUT2D eigenvalue weighted by atomic mass is 11.1. The summed E-state index contributed by atoms with van der Waals surface area (Å²) < 4.78 is 0. The molecule has 0 aromatic heterocycles. The van der Waals surface area contributed by atoms with Gasteiger partial charge in [-0.15, -0.1) is 0 Å². The highest BCUT2D eigenvalue weighted by Crippen LogP contribution is 1.50. The van der Waals surface area contributed by atoms with E-state index in [0.717, 1.165) is 0 Å². The van der Waals surface area contributed by atoms with Gasteiger partial charge >= 0.3 is 0 Å². The molecule has 0 fully saturated rings. The average molecular weight is 74.0 g/mol. The van der Waals surface area contributed by atoms with Crippen LogP contribution in [0.4, 0.5) is 0 Å². The van der Waals surface area contributed by atoms with Crippen LogP contribution in [-0.2, 0) is 9.68 Å². The third kappa shape index (κ3) is 3.21. The van der Waals surface area contributed by atoms with Crippen LogP contribution in [0.25, 0.3) is 0 Å². The summed E-state index contributed by atoms with van der Waals surface area (Å²) in [7, 11) is 0. The summed E-state index contributed by atoms with van der Waals surface area (Å²) in [6, 6.07) is 0. The highest BCUT2D eigenvalue weighted by atomic mass is 17.1. The van der Waals surface area contributed by atoms with Crippen molar-refractivity contribution in [2.75, 3.05) is 0 Å². The number of hydrogen-bond donors (Lipinski definition) is 1. The van der Waals surface area contributed by atoms with E-state index < -0.39 is 0 Å². The van der Waals surface area contributed by atoms with Gasteiger partial charge in [0.05, 0.1) is 0 Å². The molecular formula is C2H2O3. The molecule has 0 radical (unpaired) electrons. The molecule has 0 rings (SSSR count). The zero-order valence-electron chi connectivity index (χ0n) is 2.34. The van der Waals surface area contributed by atoms with Crippen LogP contribution in [0, 0.1) is 0 Å². The van der Waals surface area contributed by atoms with Crippen molar-refractivity contribution in [3.05, 3.63) is 6.26 Å². The molecule has 5 heavy (non-hydrogen) atoms. The van der Waals surface area contributed by atoms with Crippen molar-refractivity contribution in [1.29, 1.82) is 0 Å². The summed E-state index contributed by atoms with van der Waals surface area (Å²) >= 11 is 0. The molecule has 0 heterocycles. The Kier molecular flexibility index (Phi) is 2.70. The quantitative estimate of drug-likeness (QED) is 0.203. The topological polar surface area (TPSA) is 46.5 Å². The minimum atomic E-state index is 0.500. The molecule has 0 amide bonds. The van der Waals surface area contributed by atoms with E-state index >= 15 is 0 Å². The highest BCUT2D eigenvalue weighted by Gasteiger charge is 1.50. The molecule has 0 bridgehead atoms. The molecule has 0 spiro atoms. The Balaban J connectivity index is 2.93. The predicted molar refractivity (Wildman–Crippen MR) is 14.0 cm³/mol. The fourth-order valence-corrected chi connectivity index (χ4v) is 0.0215. The van der Waals surface area contributed by atoms with Crippen LogP contribution in [0.1, 0.15) is 0 Å². The molecule has 28 valence electrons. The van der Waals surface area contributed by atoms with Crippen molar-refractivity contribution in [1.82, 2.24) is 0 Å². The Labute approximate surface area is 28.4 Å². The highest BCUT2D eigenvalue weighted by molar-refractivity contribution is 5.41. The standard InChI is InChI=1S/C2H2O3/c3-1-2-5-4/h2,4H. The maximum absolute atomic E-state index is 8.94. The molecule has 0 aliphatic carbocycles. The van der Waals surface area contributed by atoms with Crippen molar-refractivity contribution in [2.24, 2.45) is 0 Å². The first-order valence-electron chi connectivity index (χ1n) is 0.911. The van der Waals surface area contributed by atoms with Crippen LogP contribution in [-0.4, -0.2) is 11.2 Å². The Bertz CT molecular complexity index is 51.9. The van der Waals surface area contributed by atoms with Gasteiger partial charge in [0, 0.05) is 0 Å². The Morgan fingerprint density at radius 1 is 2.00 bits per heavy atom. The monoisotopic (exact) mass is 74.0 g/mol. The second kappa shape index (κ2) is 3.21. The third-order valence-corrected chi connectivity index (χ3v) is 0.101. The summed E-state index contributed by atoms with van der Waals surface area (Å²) in [5, 5.41) is 7.25. The van der Waals surface area contributed by atoms with Crippen LogP contribution in [0.2, 0.25) is 0 Å². The van der Waals surface area contributed by atoms with Crippen molar-refractivity contribution < 1.29 is 14.9 Å². The zero-order valence-corrected chi connectivity index (χ0v) is 2.34. The molecular weight excluding hydrogens is 72.0 g/mol. The predicted octanol–water partition coefficient (Wildman–Crippen LogP) is -0.179. The van der Waals surface area contributed by atoms with E-state index in [1.165, 1.54) is 5.94 Å². The van der Waals surface area contributed by atoms with Gasteiger partial charge in [0.1, 0.15) is 0 Å². The van der Waals surface area contributed by atoms with E-state index in [-0.39, 0.29) is 0 Å². The first kappa shape index (κ1) is 4.21. The number of hydrogen-bond acceptors (Lipinski definition) is 3. The second-order valence-corrected chi connectivity index (χ2v) is 0.341. The van der Waals surface area contributed by atoms with Gasteiger partial charge in [0.15, 0.2) is 5.94 Å². The van der Waals surface area contributed by atoms with Gasteiger partial charge in [-0.05, 0) is 0 Å². The first-order chi connectivity index (χ1) is 2.41. The molecule has 3 nitrogen and oxygen atoms in total. The van der Waals surface area contributed by atoms with Gasteiger partial charge in [0.25, 0.3) is 0 Å². The fourth-order valence-electron chi connectivity index (χ4n) is 0.0215. The van der Waals surface area contributed by atoms with Gasteiger partial charge in [-0.2, -0.15) is 0 Å². The van der Waals surface area contributed by atoms with Crippen LogP contribution >= 0.6 is 0 Å². The SMILES string of the molecule is O=C=COO. The summed E-state index contributed by atoms with van der Waals surface area (Å²) in [6.07, 6.45) is 0.500. The largest absolute Gasteiger partial charge is 0.336 e. The van der Waals surface area contributed by atoms with Crippen LogP contribution in [0.5, 0.6) is 0 Å². The number of carbonyl (C=O) groups excluding carboxylic acids is 1. The Hall–Kier alpha value is -0.790. The maximum Gasteiger partial charge on any atom is 0.212 e. The van der Waals surface area contributed by atoms with E-state index in [9.17, 15) is 0 Å². The molecule has 3 heteroatoms. The maximum atomic E-state index is 8.94. The van der Waals surface area contributed by atoms with Crippen molar-refractivity contribution in [3.8, 4) is 0 Å². The lowest BCUT2D eigenvalue weighted by molar-refractivity contribution is -0.185. The molecule has 0 aliphatic rings. The average Bonchev–Trinajstić information content (AvgIpc) is 1.41. The van der Waals surface area contributed by atoms with E-state index in [2.05, 4.69) is 4.89 Å². The summed E-state index contributed by atoms with van der Waals surface area (Å²) in [5.41, 5.74) is 0. The third-order valence-electron chi connectivity index (χ3n) is 0.101. The Morgan fingerprint density at radius 2 is 2.60 bits per heavy atom. The molecule has 0 aromatic rings. The lowest BCUT2D eigenvalue weighted by Gasteiger charge is -1.67. The van der Waals surface area contributed by atoms with Gasteiger partial charge in [-0.3, -0.25) is 0 Å². The first-order valence-corrected chi connectivity index (χ1v) is 0.911. The molecule has 0 unspecified atom stereocenters. The summed E-state index contributed by atoms with van der Waals surface area (Å²) in [4.78, 5) is 12.1. The minimum Gasteiger partial charge on any atom is -0.336 e. The van der Waals surface area contributed by atoms with Crippen molar-refractivity contribution >= 4 is 5.94 Å². The summed E-state index contributed by atoms with van der Waals surface area (Å²) in [6.45, 7) is 0. The fraction of sp³-hybridized carbons (Fsp3) is 0. The van der Waals surface area contributed by atoms with Gasteiger partial charge in [-0.1, -0.05) is 0 Å². The van der Waals surface area contributed by atoms with Gasteiger partial charge in [0.2, 0.25) is 6.26 Å². The van der Waals surface area contributed by atoms with Crippen molar-refractivity contribution in [2.45, 2.75) is 0 Å². The van der Waals surface area contributed by atoms with Crippen molar-refractivity contribution in [3.63, 3.8) is 0 Å². The normalized spacial score (nSPS) is 5.00. The number of rotatable bonds is 1. The minimum absolute atomic E-state index is 0.500. The van der Waals surface area contributed by atoms with E-state index in [4.69, 9.17) is 10.1 Å². The van der Waals surface area contributed by atoms with E-state index in [0.29, 0.717) is 6.26 Å². The molecule has 0 saturated heterocycles. The Morgan fingerprint density at radius 3 is 2.60 bits per heavy atom. The molecule has 0 saturated carbocycles. The van der Waals surface area contributed by atoms with Gasteiger partial charge < -0.3 is 4.89 Å². The molecule has 1 N–H and O–H groups in total. The molecule has 0 aliphatic heterocycles. The van der Waals surface area contributed by atoms with E-state index in [1.807, 2.05) is 0 Å². The van der Waals surface area contributed by atoms with Crippen LogP contribution in [0.3, 0.4) is 0 Å². The van der Waals surface area contributed by atoms with Crippen LogP contribution in [0.15, 0.2) is 6.26 Å². The second-order valence-electron chi connectivity index (χ2n) is 0.341. The smallest absolute Gasteiger partial charge is 0.212 e. The zero-order chi connectivity index (χ0) is 4.12. The molecule has 0 aromatic carbocycles. The summed E-state index contributed by atoms with van der Waals surface area (Å²) in [5.74, 6) is 1.17.